The largest absolute Gasteiger partial charge is 0.363 e. The van der Waals surface area contributed by atoms with Crippen LogP contribution in [0.3, 0.4) is 0 Å². The fraction of sp³-hybridized carbons (Fsp3) is 0.292. The summed E-state index contributed by atoms with van der Waals surface area (Å²) in [5, 5.41) is 0. The highest BCUT2D eigenvalue weighted by molar-refractivity contribution is 5.91. The van der Waals surface area contributed by atoms with Gasteiger partial charge in [-0.3, -0.25) is 4.79 Å². The summed E-state index contributed by atoms with van der Waals surface area (Å²) in [6.07, 6.45) is 5.45. The molecule has 0 aliphatic heterocycles. The van der Waals surface area contributed by atoms with Crippen LogP contribution in [0.1, 0.15) is 64.9 Å². The summed E-state index contributed by atoms with van der Waals surface area (Å²) in [5.74, 6) is 5.49. The first-order valence-corrected chi connectivity index (χ1v) is 10.3. The van der Waals surface area contributed by atoms with Crippen LogP contribution in [0.25, 0.3) is 11.3 Å². The third kappa shape index (κ3) is 2.93. The lowest BCUT2D eigenvalue weighted by molar-refractivity contribution is -0.110. The first-order chi connectivity index (χ1) is 15.3. The van der Waals surface area contributed by atoms with Crippen LogP contribution in [0.5, 0.6) is 0 Å². The van der Waals surface area contributed by atoms with Gasteiger partial charge in [-0.1, -0.05) is 11.8 Å². The number of imidazole rings is 1. The van der Waals surface area contributed by atoms with Gasteiger partial charge in [0.25, 0.3) is 5.91 Å². The predicted octanol–water partition coefficient (Wildman–Crippen LogP) is 2.60. The lowest BCUT2D eigenvalue weighted by Gasteiger charge is -2.34. The molecule has 0 unspecified atom stereocenters. The van der Waals surface area contributed by atoms with Crippen molar-refractivity contribution in [2.75, 3.05) is 0 Å². The fourth-order valence-electron chi connectivity index (χ4n) is 4.62. The summed E-state index contributed by atoms with van der Waals surface area (Å²) in [5.41, 5.74) is 7.58. The lowest BCUT2D eigenvalue weighted by atomic mass is 9.71. The Balaban J connectivity index is 1.66. The fourth-order valence-corrected chi connectivity index (χ4v) is 4.62. The van der Waals surface area contributed by atoms with E-state index in [9.17, 15) is 9.59 Å². The van der Waals surface area contributed by atoms with Gasteiger partial charge in [0.1, 0.15) is 17.5 Å². The van der Waals surface area contributed by atoms with Crippen molar-refractivity contribution in [3.8, 4) is 23.1 Å². The van der Waals surface area contributed by atoms with Crippen molar-refractivity contribution in [2.45, 2.75) is 37.0 Å². The molecule has 1 fully saturated rings. The van der Waals surface area contributed by atoms with Gasteiger partial charge in [-0.2, -0.15) is 0 Å². The molecule has 160 valence electrons. The zero-order valence-electron chi connectivity index (χ0n) is 17.6. The molecule has 1 atom stereocenters. The van der Waals surface area contributed by atoms with Gasteiger partial charge in [-0.05, 0) is 49.4 Å². The van der Waals surface area contributed by atoms with E-state index in [-0.39, 0.29) is 29.0 Å². The smallest absolute Gasteiger partial charge is 0.284 e. The number of hydrogen-bond donors (Lipinski definition) is 1. The number of aromatic nitrogens is 4. The molecule has 32 heavy (non-hydrogen) atoms. The van der Waals surface area contributed by atoms with Crippen LogP contribution < -0.4 is 5.73 Å². The Hall–Kier alpha value is -3.86. The third-order valence-corrected chi connectivity index (χ3v) is 6.44. The first kappa shape index (κ1) is 20.1. The second kappa shape index (κ2) is 7.09. The van der Waals surface area contributed by atoms with E-state index in [0.29, 0.717) is 12.0 Å². The molecule has 1 amide bonds. The Labute approximate surface area is 183 Å². The average Bonchev–Trinajstić information content (AvgIpc) is 2.96. The molecule has 6 rings (SSSR count). The summed E-state index contributed by atoms with van der Waals surface area (Å²) < 4.78 is 16.8. The number of hydrogen-bond acceptors (Lipinski definition) is 5. The number of benzene rings is 1. The normalized spacial score (nSPS) is 19.8. The SMILES string of the molecule is Cn1c(C(N)=O)nc2c1C1CC(C1)c1cc(F)c(C#C[C@@](C)(C=O)c3ncccn3)cc1-2. The predicted molar refractivity (Wildman–Crippen MR) is 114 cm³/mol. The Kier molecular flexibility index (Phi) is 4.45. The van der Waals surface area contributed by atoms with E-state index in [0.717, 1.165) is 29.7 Å². The number of carbonyl (C=O) groups excluding carboxylic acids is 2. The van der Waals surface area contributed by atoms with Crippen LogP contribution in [-0.2, 0) is 17.3 Å². The van der Waals surface area contributed by atoms with E-state index < -0.39 is 17.1 Å². The summed E-state index contributed by atoms with van der Waals surface area (Å²) in [4.78, 5) is 36.4. The molecule has 1 aromatic carbocycles. The number of carbonyl (C=O) groups is 2. The molecule has 3 aromatic rings. The van der Waals surface area contributed by atoms with Crippen LogP contribution >= 0.6 is 0 Å². The van der Waals surface area contributed by atoms with Gasteiger partial charge in [0, 0.05) is 36.6 Å². The van der Waals surface area contributed by atoms with Crippen LogP contribution in [0, 0.1) is 17.7 Å². The number of primary amides is 1. The third-order valence-electron chi connectivity index (χ3n) is 6.44. The van der Waals surface area contributed by atoms with Gasteiger partial charge in [0.15, 0.2) is 11.6 Å². The Morgan fingerprint density at radius 2 is 2.00 bits per heavy atom. The summed E-state index contributed by atoms with van der Waals surface area (Å²) in [6.45, 7) is 1.59. The number of rotatable bonds is 3. The minimum Gasteiger partial charge on any atom is -0.363 e. The van der Waals surface area contributed by atoms with Gasteiger partial charge < -0.3 is 15.1 Å². The van der Waals surface area contributed by atoms with Crippen molar-refractivity contribution in [3.05, 3.63) is 64.9 Å². The van der Waals surface area contributed by atoms with Crippen LogP contribution in [0.15, 0.2) is 30.6 Å². The second-order valence-corrected chi connectivity index (χ2v) is 8.52. The van der Waals surface area contributed by atoms with Gasteiger partial charge in [0.2, 0.25) is 0 Å². The molecule has 8 heteroatoms. The molecular formula is C24H20FN5O2. The van der Waals surface area contributed by atoms with Crippen molar-refractivity contribution in [2.24, 2.45) is 12.8 Å². The Bertz CT molecular complexity index is 1330. The first-order valence-electron chi connectivity index (χ1n) is 10.3. The van der Waals surface area contributed by atoms with Crippen molar-refractivity contribution in [1.82, 2.24) is 19.5 Å². The topological polar surface area (TPSA) is 104 Å². The molecule has 3 aliphatic rings. The standard InChI is InChI=1S/C24H20FN5O2/c1-24(12-31,23-27-6-3-7-28-23)5-4-13-10-17-16(11-18(13)25)14-8-15(9-14)20-19(17)29-22(21(26)32)30(20)2/h3,6-7,10-12,14-15H,8-9H2,1-2H3,(H2,26,32)/t14?,15?,24-/m0/s1. The van der Waals surface area contributed by atoms with Gasteiger partial charge in [-0.15, -0.1) is 0 Å². The highest BCUT2D eigenvalue weighted by Gasteiger charge is 2.42. The van der Waals surface area contributed by atoms with E-state index in [1.807, 2.05) is 0 Å². The van der Waals surface area contributed by atoms with E-state index in [4.69, 9.17) is 5.73 Å². The highest BCUT2D eigenvalue weighted by Crippen LogP contribution is 2.55. The molecule has 2 heterocycles. The number of nitrogens with zero attached hydrogens (tertiary/aromatic N) is 4. The number of nitrogens with two attached hydrogens (primary N) is 1. The minimum absolute atomic E-state index is 0.143. The van der Waals surface area contributed by atoms with Crippen molar-refractivity contribution >= 4 is 12.2 Å². The molecule has 1 saturated carbocycles. The molecule has 0 radical (unpaired) electrons. The monoisotopic (exact) mass is 429 g/mol. The summed E-state index contributed by atoms with van der Waals surface area (Å²) in [7, 11) is 1.78. The van der Waals surface area contributed by atoms with E-state index in [2.05, 4.69) is 26.8 Å². The van der Waals surface area contributed by atoms with Crippen molar-refractivity contribution in [1.29, 1.82) is 0 Å². The number of amides is 1. The molecule has 2 aromatic heterocycles. The zero-order chi connectivity index (χ0) is 22.6. The van der Waals surface area contributed by atoms with Crippen LogP contribution in [0.4, 0.5) is 4.39 Å². The van der Waals surface area contributed by atoms with Gasteiger partial charge in [0.05, 0.1) is 11.3 Å². The Morgan fingerprint density at radius 1 is 1.28 bits per heavy atom. The molecular weight excluding hydrogens is 409 g/mol. The summed E-state index contributed by atoms with van der Waals surface area (Å²) in [6, 6.07) is 4.81. The van der Waals surface area contributed by atoms with Crippen molar-refractivity contribution < 1.29 is 14.0 Å². The van der Waals surface area contributed by atoms with E-state index >= 15 is 4.39 Å². The minimum atomic E-state index is -1.28. The molecule has 0 saturated heterocycles. The maximum absolute atomic E-state index is 15.0. The molecule has 7 nitrogen and oxygen atoms in total. The quantitative estimate of drug-likeness (QED) is 0.509. The van der Waals surface area contributed by atoms with E-state index in [1.165, 1.54) is 18.5 Å². The average molecular weight is 429 g/mol. The summed E-state index contributed by atoms with van der Waals surface area (Å²) >= 11 is 0. The lowest BCUT2D eigenvalue weighted by Crippen LogP contribution is -2.24. The van der Waals surface area contributed by atoms with Crippen molar-refractivity contribution in [3.63, 3.8) is 0 Å². The van der Waals surface area contributed by atoms with Crippen LogP contribution in [-0.4, -0.2) is 31.7 Å². The number of aldehydes is 1. The molecule has 3 aliphatic carbocycles. The highest BCUT2D eigenvalue weighted by atomic mass is 19.1. The Morgan fingerprint density at radius 3 is 2.66 bits per heavy atom. The maximum Gasteiger partial charge on any atom is 0.284 e. The zero-order valence-corrected chi connectivity index (χ0v) is 17.6. The maximum atomic E-state index is 15.0. The van der Waals surface area contributed by atoms with E-state index in [1.54, 1.807) is 30.7 Å². The van der Waals surface area contributed by atoms with Gasteiger partial charge >= 0.3 is 0 Å². The van der Waals surface area contributed by atoms with Gasteiger partial charge in [-0.25, -0.2) is 19.3 Å². The second-order valence-electron chi connectivity index (χ2n) is 8.52. The number of halogens is 1. The molecule has 0 spiro atoms. The van der Waals surface area contributed by atoms with Crippen LogP contribution in [0.2, 0.25) is 0 Å². The molecule has 2 bridgehead atoms. The molecule has 2 N–H and O–H groups in total.